The van der Waals surface area contributed by atoms with E-state index in [2.05, 4.69) is 32.9 Å². The van der Waals surface area contributed by atoms with Crippen molar-refractivity contribution < 1.29 is 26.3 Å². The zero-order valence-corrected chi connectivity index (χ0v) is 23.0. The van der Waals surface area contributed by atoms with E-state index in [1.807, 2.05) is 31.0 Å². The minimum atomic E-state index is -2.81. The van der Waals surface area contributed by atoms with Gasteiger partial charge < -0.3 is 21.5 Å². The third-order valence-electron chi connectivity index (χ3n) is 5.09. The Hall–Kier alpha value is -0.862. The standard InChI is InChI=1S/C20H38O6Si4/c1-9-20(21)22-16-15-19-30(8)23-17-13-14-18-27(5,10-2)24-28(6,11-3)25-29(7,12-4)26-30/h9-12H,1-4,13-19H2,5-8H3. The molecule has 0 aliphatic carbocycles. The van der Waals surface area contributed by atoms with Crippen LogP contribution in [0.5, 0.6) is 0 Å². The van der Waals surface area contributed by atoms with E-state index >= 15 is 0 Å². The maximum atomic E-state index is 11.3. The van der Waals surface area contributed by atoms with Gasteiger partial charge in [-0.25, -0.2) is 4.79 Å². The van der Waals surface area contributed by atoms with Crippen molar-refractivity contribution in [3.63, 3.8) is 0 Å². The maximum absolute atomic E-state index is 11.3. The SMILES string of the molecule is C=CC(=O)OCCC[Si]1(C)OCCCC[Si](C)(C=C)O[Si](C)(C=C)O[Si](C)(C=C)O1. The van der Waals surface area contributed by atoms with Gasteiger partial charge in [-0.2, -0.15) is 0 Å². The first-order valence-electron chi connectivity index (χ1n) is 10.4. The fourth-order valence-electron chi connectivity index (χ4n) is 3.34. The van der Waals surface area contributed by atoms with Gasteiger partial charge in [0.1, 0.15) is 0 Å². The summed E-state index contributed by atoms with van der Waals surface area (Å²) < 4.78 is 31.3. The highest BCUT2D eigenvalue weighted by Gasteiger charge is 2.48. The van der Waals surface area contributed by atoms with Crippen LogP contribution in [-0.4, -0.2) is 53.2 Å². The Bertz CT molecular complexity index is 647. The van der Waals surface area contributed by atoms with Crippen LogP contribution < -0.4 is 0 Å². The Morgan fingerprint density at radius 1 is 0.933 bits per heavy atom. The molecular formula is C20H38O6Si4. The predicted molar refractivity (Wildman–Crippen MR) is 131 cm³/mol. The second-order valence-electron chi connectivity index (χ2n) is 8.18. The van der Waals surface area contributed by atoms with Crippen molar-refractivity contribution in [1.82, 2.24) is 0 Å². The zero-order valence-electron chi connectivity index (χ0n) is 19.0. The molecule has 30 heavy (non-hydrogen) atoms. The lowest BCUT2D eigenvalue weighted by Crippen LogP contribution is -2.59. The maximum Gasteiger partial charge on any atom is 0.343 e. The minimum Gasteiger partial charge on any atom is -0.463 e. The van der Waals surface area contributed by atoms with Crippen LogP contribution in [-0.2, 0) is 26.3 Å². The van der Waals surface area contributed by atoms with Gasteiger partial charge >= 0.3 is 31.7 Å². The summed E-state index contributed by atoms with van der Waals surface area (Å²) >= 11 is 0. The second kappa shape index (κ2) is 11.7. The van der Waals surface area contributed by atoms with E-state index in [-0.39, 0.29) is 0 Å². The molecule has 0 amide bonds. The molecule has 1 saturated heterocycles. The van der Waals surface area contributed by atoms with Gasteiger partial charge in [0.05, 0.1) is 6.61 Å². The lowest BCUT2D eigenvalue weighted by molar-refractivity contribution is -0.137. The molecule has 0 bridgehead atoms. The first-order valence-corrected chi connectivity index (χ1v) is 20.4. The van der Waals surface area contributed by atoms with Crippen LogP contribution in [0.1, 0.15) is 19.3 Å². The zero-order chi connectivity index (χ0) is 22.9. The Morgan fingerprint density at radius 3 is 2.13 bits per heavy atom. The molecule has 0 spiro atoms. The fraction of sp³-hybridized carbons (Fsp3) is 0.550. The van der Waals surface area contributed by atoms with Gasteiger partial charge in [-0.1, -0.05) is 30.1 Å². The Morgan fingerprint density at radius 2 is 1.57 bits per heavy atom. The van der Waals surface area contributed by atoms with Gasteiger partial charge in [-0.05, 0) is 51.1 Å². The van der Waals surface area contributed by atoms with Crippen molar-refractivity contribution in [2.24, 2.45) is 0 Å². The highest BCUT2D eigenvalue weighted by atomic mass is 28.5. The summed E-state index contributed by atoms with van der Waals surface area (Å²) in [6, 6.07) is 1.65. The smallest absolute Gasteiger partial charge is 0.343 e. The summed E-state index contributed by atoms with van der Waals surface area (Å²) in [6.07, 6.45) is 3.74. The number of ether oxygens (including phenoxy) is 1. The van der Waals surface area contributed by atoms with E-state index < -0.39 is 40.0 Å². The molecule has 4 unspecified atom stereocenters. The van der Waals surface area contributed by atoms with Crippen molar-refractivity contribution in [3.05, 3.63) is 49.5 Å². The van der Waals surface area contributed by atoms with Crippen molar-refractivity contribution >= 4 is 40.0 Å². The van der Waals surface area contributed by atoms with Crippen molar-refractivity contribution in [2.45, 2.75) is 57.5 Å². The van der Waals surface area contributed by atoms with E-state index in [9.17, 15) is 4.79 Å². The van der Waals surface area contributed by atoms with E-state index in [4.69, 9.17) is 21.5 Å². The predicted octanol–water partition coefficient (Wildman–Crippen LogP) is 4.93. The topological polar surface area (TPSA) is 63.2 Å². The molecule has 0 aromatic carbocycles. The largest absolute Gasteiger partial charge is 0.463 e. The molecule has 10 heteroatoms. The molecule has 0 aromatic rings. The summed E-state index contributed by atoms with van der Waals surface area (Å²) in [5.74, 6) is -0.421. The molecule has 1 fully saturated rings. The average molecular weight is 487 g/mol. The van der Waals surface area contributed by atoms with Crippen LogP contribution in [0.4, 0.5) is 0 Å². The molecular weight excluding hydrogens is 449 g/mol. The van der Waals surface area contributed by atoms with Crippen LogP contribution in [0.25, 0.3) is 0 Å². The molecule has 6 nitrogen and oxygen atoms in total. The summed E-state index contributed by atoms with van der Waals surface area (Å²) in [6.45, 7) is 24.6. The van der Waals surface area contributed by atoms with Gasteiger partial charge in [-0.3, -0.25) is 0 Å². The molecule has 1 aliphatic rings. The van der Waals surface area contributed by atoms with E-state index in [1.165, 1.54) is 6.08 Å². The van der Waals surface area contributed by atoms with Crippen LogP contribution in [0.3, 0.4) is 0 Å². The molecule has 170 valence electrons. The Labute approximate surface area is 186 Å². The number of esters is 1. The molecule has 0 aromatic heterocycles. The van der Waals surface area contributed by atoms with Crippen LogP contribution in [0, 0.1) is 0 Å². The number of carbonyl (C=O) groups excluding carboxylic acids is 1. The summed E-state index contributed by atoms with van der Waals surface area (Å²) in [4.78, 5) is 11.3. The second-order valence-corrected chi connectivity index (χ2v) is 22.1. The Balaban J connectivity index is 3.06. The molecule has 1 heterocycles. The van der Waals surface area contributed by atoms with E-state index in [1.54, 1.807) is 5.70 Å². The van der Waals surface area contributed by atoms with Crippen molar-refractivity contribution in [3.8, 4) is 0 Å². The highest BCUT2D eigenvalue weighted by Crippen LogP contribution is 2.31. The average Bonchev–Trinajstić information content (AvgIpc) is 2.69. The van der Waals surface area contributed by atoms with Crippen molar-refractivity contribution in [1.29, 1.82) is 0 Å². The van der Waals surface area contributed by atoms with Gasteiger partial charge in [-0.15, -0.1) is 19.7 Å². The lowest BCUT2D eigenvalue weighted by Gasteiger charge is -2.42. The monoisotopic (exact) mass is 486 g/mol. The lowest BCUT2D eigenvalue weighted by atomic mass is 10.4. The van der Waals surface area contributed by atoms with Crippen LogP contribution in [0.15, 0.2) is 49.5 Å². The number of carbonyl (C=O) groups is 1. The molecule has 0 N–H and O–H groups in total. The first-order chi connectivity index (χ1) is 14.0. The summed E-state index contributed by atoms with van der Waals surface area (Å²) in [5.41, 5.74) is 5.59. The van der Waals surface area contributed by atoms with Gasteiger partial charge in [0.15, 0.2) is 0 Å². The highest BCUT2D eigenvalue weighted by molar-refractivity contribution is 6.94. The van der Waals surface area contributed by atoms with Gasteiger partial charge in [0, 0.05) is 12.7 Å². The first kappa shape index (κ1) is 27.2. The van der Waals surface area contributed by atoms with Crippen LogP contribution in [0.2, 0.25) is 38.3 Å². The summed E-state index contributed by atoms with van der Waals surface area (Å²) in [7, 11) is -10.3. The third kappa shape index (κ3) is 8.71. The summed E-state index contributed by atoms with van der Waals surface area (Å²) in [5, 5.41) is 0. The molecule has 1 rings (SSSR count). The Kier molecular flexibility index (Phi) is 10.6. The molecule has 1 aliphatic heterocycles. The quantitative estimate of drug-likeness (QED) is 0.210. The van der Waals surface area contributed by atoms with E-state index in [0.29, 0.717) is 25.7 Å². The van der Waals surface area contributed by atoms with Gasteiger partial charge in [0.25, 0.3) is 0 Å². The number of rotatable bonds is 8. The van der Waals surface area contributed by atoms with Crippen molar-refractivity contribution in [2.75, 3.05) is 13.2 Å². The van der Waals surface area contributed by atoms with Crippen LogP contribution >= 0.6 is 0 Å². The number of hydrogen-bond donors (Lipinski definition) is 0. The molecule has 0 radical (unpaired) electrons. The normalized spacial score (nSPS) is 35.9. The van der Waals surface area contributed by atoms with Gasteiger partial charge in [0.2, 0.25) is 8.32 Å². The molecule has 4 atom stereocenters. The number of hydrogen-bond acceptors (Lipinski definition) is 6. The fourth-order valence-corrected chi connectivity index (χ4v) is 20.2. The van der Waals surface area contributed by atoms with E-state index in [0.717, 1.165) is 18.9 Å². The minimum absolute atomic E-state index is 0.304. The third-order valence-corrected chi connectivity index (χ3v) is 20.9. The molecule has 0 saturated carbocycles.